The third kappa shape index (κ3) is 2.19. The predicted octanol–water partition coefficient (Wildman–Crippen LogP) is 2.25. The van der Waals surface area contributed by atoms with Gasteiger partial charge < -0.3 is 10.6 Å². The number of piperidine rings is 1. The van der Waals surface area contributed by atoms with Gasteiger partial charge in [-0.3, -0.25) is 4.90 Å². The number of nitrogens with two attached hydrogens (primary N) is 1. The summed E-state index contributed by atoms with van der Waals surface area (Å²) in [6.07, 6.45) is 4.11. The monoisotopic (exact) mass is 245 g/mol. The topological polar surface area (TPSA) is 32.5 Å². The molecule has 2 heterocycles. The molecule has 0 spiro atoms. The number of piperazine rings is 1. The lowest BCUT2D eigenvalue weighted by Crippen LogP contribution is -2.55. The first-order valence-electron chi connectivity index (χ1n) is 7.09. The average molecular weight is 245 g/mol. The fourth-order valence-corrected chi connectivity index (χ4v) is 3.30. The molecule has 0 aromatic heterocycles. The Bertz CT molecular complexity index is 430. The van der Waals surface area contributed by atoms with Crippen molar-refractivity contribution in [3.8, 4) is 0 Å². The van der Waals surface area contributed by atoms with Gasteiger partial charge in [0.25, 0.3) is 0 Å². The van der Waals surface area contributed by atoms with Crippen LogP contribution in [0.4, 0.5) is 11.4 Å². The van der Waals surface area contributed by atoms with Crippen LogP contribution in [0.3, 0.4) is 0 Å². The summed E-state index contributed by atoms with van der Waals surface area (Å²) in [5.41, 5.74) is 9.59. The fraction of sp³-hybridized carbons (Fsp3) is 0.600. The van der Waals surface area contributed by atoms with Crippen molar-refractivity contribution in [3.63, 3.8) is 0 Å². The molecule has 0 aliphatic carbocycles. The van der Waals surface area contributed by atoms with E-state index in [1.165, 1.54) is 43.6 Å². The maximum atomic E-state index is 6.13. The van der Waals surface area contributed by atoms with E-state index in [1.807, 2.05) is 6.07 Å². The van der Waals surface area contributed by atoms with Crippen molar-refractivity contribution < 1.29 is 0 Å². The van der Waals surface area contributed by atoms with Crippen molar-refractivity contribution in [2.24, 2.45) is 0 Å². The maximum Gasteiger partial charge on any atom is 0.0603 e. The van der Waals surface area contributed by atoms with Crippen molar-refractivity contribution in [3.05, 3.63) is 23.8 Å². The number of aryl methyl sites for hydroxylation is 1. The lowest BCUT2D eigenvalue weighted by Gasteiger charge is -2.45. The highest BCUT2D eigenvalue weighted by Gasteiger charge is 2.29. The minimum absolute atomic E-state index is 0.743. The Kier molecular flexibility index (Phi) is 3.16. The highest BCUT2D eigenvalue weighted by molar-refractivity contribution is 5.68. The number of hydrogen-bond donors (Lipinski definition) is 1. The summed E-state index contributed by atoms with van der Waals surface area (Å²) < 4.78 is 0. The lowest BCUT2D eigenvalue weighted by molar-refractivity contribution is 0.133. The standard InChI is InChI=1S/C15H23N3/c1-12-5-6-14(16)15(10-12)18-9-8-17-7-3-2-4-13(17)11-18/h5-6,10,13H,2-4,7-9,11,16H2,1H3. The van der Waals surface area contributed by atoms with Gasteiger partial charge in [0, 0.05) is 25.7 Å². The van der Waals surface area contributed by atoms with Crippen LogP contribution in [0.15, 0.2) is 18.2 Å². The normalized spacial score (nSPS) is 24.9. The Labute approximate surface area is 110 Å². The molecule has 3 heteroatoms. The van der Waals surface area contributed by atoms with Crippen LogP contribution < -0.4 is 10.6 Å². The van der Waals surface area contributed by atoms with E-state index in [0.29, 0.717) is 0 Å². The molecular formula is C15H23N3. The zero-order chi connectivity index (χ0) is 12.5. The Morgan fingerprint density at radius 2 is 2.06 bits per heavy atom. The van der Waals surface area contributed by atoms with Crippen molar-refractivity contribution in [2.45, 2.75) is 32.2 Å². The summed E-state index contributed by atoms with van der Waals surface area (Å²) in [5, 5.41) is 0. The van der Waals surface area contributed by atoms with E-state index in [2.05, 4.69) is 28.9 Å². The molecular weight excluding hydrogens is 222 g/mol. The molecule has 2 aliphatic rings. The molecule has 1 aromatic rings. The van der Waals surface area contributed by atoms with Gasteiger partial charge in [0.1, 0.15) is 0 Å². The van der Waals surface area contributed by atoms with Gasteiger partial charge >= 0.3 is 0 Å². The third-order valence-electron chi connectivity index (χ3n) is 4.36. The predicted molar refractivity (Wildman–Crippen MR) is 77.0 cm³/mol. The Morgan fingerprint density at radius 1 is 1.17 bits per heavy atom. The third-order valence-corrected chi connectivity index (χ3v) is 4.36. The van der Waals surface area contributed by atoms with Crippen LogP contribution in [0.2, 0.25) is 0 Å². The highest BCUT2D eigenvalue weighted by Crippen LogP contribution is 2.29. The van der Waals surface area contributed by atoms with E-state index < -0.39 is 0 Å². The van der Waals surface area contributed by atoms with Crippen LogP contribution in [0.1, 0.15) is 24.8 Å². The summed E-state index contributed by atoms with van der Waals surface area (Å²) >= 11 is 0. The Balaban J connectivity index is 1.79. The number of fused-ring (bicyclic) bond motifs is 1. The molecule has 98 valence electrons. The number of hydrogen-bond acceptors (Lipinski definition) is 3. The maximum absolute atomic E-state index is 6.13. The van der Waals surface area contributed by atoms with E-state index in [-0.39, 0.29) is 0 Å². The summed E-state index contributed by atoms with van der Waals surface area (Å²) in [5.74, 6) is 0. The zero-order valence-electron chi connectivity index (χ0n) is 11.2. The van der Waals surface area contributed by atoms with Crippen molar-refractivity contribution >= 4 is 11.4 Å². The molecule has 0 radical (unpaired) electrons. The SMILES string of the molecule is Cc1ccc(N)c(N2CCN3CCCCC3C2)c1. The molecule has 1 atom stereocenters. The molecule has 1 unspecified atom stereocenters. The van der Waals surface area contributed by atoms with Crippen LogP contribution >= 0.6 is 0 Å². The zero-order valence-corrected chi connectivity index (χ0v) is 11.2. The van der Waals surface area contributed by atoms with Gasteiger partial charge in [-0.1, -0.05) is 12.5 Å². The molecule has 0 amide bonds. The van der Waals surface area contributed by atoms with Gasteiger partial charge in [0.15, 0.2) is 0 Å². The van der Waals surface area contributed by atoms with E-state index in [9.17, 15) is 0 Å². The average Bonchev–Trinajstić information content (AvgIpc) is 2.41. The first-order valence-corrected chi connectivity index (χ1v) is 7.09. The number of rotatable bonds is 1. The van der Waals surface area contributed by atoms with Crippen LogP contribution in [0.25, 0.3) is 0 Å². The van der Waals surface area contributed by atoms with Gasteiger partial charge in [-0.25, -0.2) is 0 Å². The molecule has 2 N–H and O–H groups in total. The second-order valence-electron chi connectivity index (χ2n) is 5.69. The highest BCUT2D eigenvalue weighted by atomic mass is 15.3. The minimum Gasteiger partial charge on any atom is -0.397 e. The minimum atomic E-state index is 0.743. The molecule has 0 bridgehead atoms. The molecule has 0 saturated carbocycles. The molecule has 3 nitrogen and oxygen atoms in total. The second kappa shape index (κ2) is 4.81. The van der Waals surface area contributed by atoms with E-state index in [4.69, 9.17) is 5.73 Å². The Hall–Kier alpha value is -1.22. The van der Waals surface area contributed by atoms with Crippen molar-refractivity contribution in [2.75, 3.05) is 36.8 Å². The van der Waals surface area contributed by atoms with Crippen LogP contribution in [0, 0.1) is 6.92 Å². The molecule has 1 aromatic carbocycles. The van der Waals surface area contributed by atoms with Gasteiger partial charge in [-0.05, 0) is 44.0 Å². The summed E-state index contributed by atoms with van der Waals surface area (Å²) in [7, 11) is 0. The molecule has 18 heavy (non-hydrogen) atoms. The van der Waals surface area contributed by atoms with Crippen molar-refractivity contribution in [1.82, 2.24) is 4.90 Å². The van der Waals surface area contributed by atoms with Crippen LogP contribution in [-0.4, -0.2) is 37.1 Å². The van der Waals surface area contributed by atoms with Crippen LogP contribution in [0.5, 0.6) is 0 Å². The Morgan fingerprint density at radius 3 is 2.94 bits per heavy atom. The summed E-state index contributed by atoms with van der Waals surface area (Å²) in [6.45, 7) is 6.89. The first-order chi connectivity index (χ1) is 8.74. The molecule has 3 rings (SSSR count). The van der Waals surface area contributed by atoms with E-state index >= 15 is 0 Å². The fourth-order valence-electron chi connectivity index (χ4n) is 3.30. The molecule has 2 fully saturated rings. The molecule has 2 saturated heterocycles. The van der Waals surface area contributed by atoms with E-state index in [0.717, 1.165) is 24.8 Å². The largest absolute Gasteiger partial charge is 0.397 e. The second-order valence-corrected chi connectivity index (χ2v) is 5.69. The smallest absolute Gasteiger partial charge is 0.0603 e. The summed E-state index contributed by atoms with van der Waals surface area (Å²) in [6, 6.07) is 7.11. The number of benzene rings is 1. The van der Waals surface area contributed by atoms with E-state index in [1.54, 1.807) is 0 Å². The van der Waals surface area contributed by atoms with Crippen molar-refractivity contribution in [1.29, 1.82) is 0 Å². The summed E-state index contributed by atoms with van der Waals surface area (Å²) in [4.78, 5) is 5.14. The van der Waals surface area contributed by atoms with Gasteiger partial charge in [-0.15, -0.1) is 0 Å². The van der Waals surface area contributed by atoms with Crippen LogP contribution in [-0.2, 0) is 0 Å². The number of anilines is 2. The first kappa shape index (κ1) is 11.8. The van der Waals surface area contributed by atoms with Gasteiger partial charge in [0.2, 0.25) is 0 Å². The quantitative estimate of drug-likeness (QED) is 0.770. The van der Waals surface area contributed by atoms with Gasteiger partial charge in [-0.2, -0.15) is 0 Å². The van der Waals surface area contributed by atoms with Gasteiger partial charge in [0.05, 0.1) is 11.4 Å². The lowest BCUT2D eigenvalue weighted by atomic mass is 9.99. The molecule has 2 aliphatic heterocycles. The number of nitrogen functional groups attached to an aromatic ring is 1. The number of nitrogens with zero attached hydrogens (tertiary/aromatic N) is 2.